The monoisotopic (exact) mass is 275 g/mol. The Kier molecular flexibility index (Phi) is 4.43. The van der Waals surface area contributed by atoms with Gasteiger partial charge in [-0.15, -0.1) is 11.6 Å². The molecule has 0 saturated heterocycles. The molecule has 1 aromatic carbocycles. The fourth-order valence-electron chi connectivity index (χ4n) is 2.15. The van der Waals surface area contributed by atoms with E-state index < -0.39 is 0 Å². The predicted octanol–water partition coefficient (Wildman–Crippen LogP) is 3.97. The molecule has 19 heavy (non-hydrogen) atoms. The molecular formula is C16H18ClNO. The van der Waals surface area contributed by atoms with Crippen LogP contribution < -0.4 is 5.56 Å². The highest BCUT2D eigenvalue weighted by molar-refractivity contribution is 6.17. The van der Waals surface area contributed by atoms with Crippen molar-refractivity contribution >= 4 is 11.6 Å². The molecule has 0 bridgehead atoms. The maximum Gasteiger partial charge on any atom is 0.255 e. The molecule has 0 fully saturated rings. The highest BCUT2D eigenvalue weighted by atomic mass is 35.5. The predicted molar refractivity (Wildman–Crippen MR) is 80.7 cm³/mol. The van der Waals surface area contributed by atoms with Gasteiger partial charge in [-0.1, -0.05) is 42.8 Å². The van der Waals surface area contributed by atoms with Crippen LogP contribution in [0.4, 0.5) is 0 Å². The minimum absolute atomic E-state index is 0.0231. The van der Waals surface area contributed by atoms with Crippen LogP contribution in [-0.2, 0) is 12.4 Å². The van der Waals surface area contributed by atoms with Crippen molar-refractivity contribution in [3.8, 4) is 11.3 Å². The summed E-state index contributed by atoms with van der Waals surface area (Å²) in [6, 6.07) is 12.0. The van der Waals surface area contributed by atoms with Crippen molar-refractivity contribution in [1.82, 2.24) is 4.57 Å². The number of hydrogen-bond donors (Lipinski definition) is 0. The maximum atomic E-state index is 12.3. The van der Waals surface area contributed by atoms with Gasteiger partial charge in [-0.25, -0.2) is 0 Å². The van der Waals surface area contributed by atoms with Crippen LogP contribution in [-0.4, -0.2) is 4.57 Å². The normalized spacial score (nSPS) is 10.7. The fraction of sp³-hybridized carbons (Fsp3) is 0.312. The molecular weight excluding hydrogens is 258 g/mol. The van der Waals surface area contributed by atoms with Crippen molar-refractivity contribution in [2.75, 3.05) is 0 Å². The first-order chi connectivity index (χ1) is 9.17. The zero-order chi connectivity index (χ0) is 13.8. The van der Waals surface area contributed by atoms with E-state index in [0.717, 1.165) is 17.7 Å². The Balaban J connectivity index is 2.59. The Morgan fingerprint density at radius 2 is 1.79 bits per heavy atom. The Morgan fingerprint density at radius 1 is 1.11 bits per heavy atom. The van der Waals surface area contributed by atoms with Gasteiger partial charge in [0.1, 0.15) is 0 Å². The number of alkyl halides is 1. The average molecular weight is 276 g/mol. The molecule has 0 saturated carbocycles. The number of rotatable bonds is 4. The summed E-state index contributed by atoms with van der Waals surface area (Å²) in [6.07, 6.45) is 0.921. The molecule has 2 nitrogen and oxygen atoms in total. The number of pyridine rings is 1. The van der Waals surface area contributed by atoms with Crippen LogP contribution in [0.25, 0.3) is 11.3 Å². The quantitative estimate of drug-likeness (QED) is 0.774. The lowest BCUT2D eigenvalue weighted by Gasteiger charge is -2.13. The van der Waals surface area contributed by atoms with Gasteiger partial charge >= 0.3 is 0 Å². The van der Waals surface area contributed by atoms with Gasteiger partial charge in [-0.2, -0.15) is 0 Å². The van der Waals surface area contributed by atoms with Crippen LogP contribution >= 0.6 is 11.6 Å². The molecule has 1 heterocycles. The molecule has 0 radical (unpaired) electrons. The van der Waals surface area contributed by atoms with Gasteiger partial charge in [0, 0.05) is 12.1 Å². The van der Waals surface area contributed by atoms with E-state index in [4.69, 9.17) is 11.6 Å². The summed E-state index contributed by atoms with van der Waals surface area (Å²) in [4.78, 5) is 12.3. The van der Waals surface area contributed by atoms with Crippen molar-refractivity contribution in [3.63, 3.8) is 0 Å². The van der Waals surface area contributed by atoms with Crippen molar-refractivity contribution in [2.45, 2.75) is 32.7 Å². The van der Waals surface area contributed by atoms with Crippen molar-refractivity contribution in [2.24, 2.45) is 0 Å². The molecule has 3 heteroatoms. The van der Waals surface area contributed by atoms with Crippen molar-refractivity contribution in [3.05, 3.63) is 57.9 Å². The molecule has 0 aliphatic rings. The highest BCUT2D eigenvalue weighted by Crippen LogP contribution is 2.19. The number of aromatic nitrogens is 1. The topological polar surface area (TPSA) is 22.0 Å². The van der Waals surface area contributed by atoms with E-state index in [2.05, 4.69) is 38.1 Å². The molecule has 0 unspecified atom stereocenters. The SMILES string of the molecule is CCCn1c(-c2ccc(C)cc2)ccc(CCl)c1=O. The molecule has 0 aliphatic heterocycles. The molecule has 0 N–H and O–H groups in total. The summed E-state index contributed by atoms with van der Waals surface area (Å²) >= 11 is 5.81. The first-order valence-electron chi connectivity index (χ1n) is 6.53. The third-order valence-electron chi connectivity index (χ3n) is 3.19. The number of benzene rings is 1. The van der Waals surface area contributed by atoms with Gasteiger partial charge in [0.2, 0.25) is 0 Å². The summed E-state index contributed by atoms with van der Waals surface area (Å²) in [7, 11) is 0. The second kappa shape index (κ2) is 6.07. The third kappa shape index (κ3) is 2.90. The van der Waals surface area contributed by atoms with Crippen LogP contribution in [0.1, 0.15) is 24.5 Å². The Morgan fingerprint density at radius 3 is 2.37 bits per heavy atom. The lowest BCUT2D eigenvalue weighted by molar-refractivity contribution is 0.656. The third-order valence-corrected chi connectivity index (χ3v) is 3.48. The summed E-state index contributed by atoms with van der Waals surface area (Å²) in [6.45, 7) is 4.84. The first-order valence-corrected chi connectivity index (χ1v) is 7.06. The number of aryl methyl sites for hydroxylation is 1. The first kappa shape index (κ1) is 13.9. The second-order valence-corrected chi connectivity index (χ2v) is 4.97. The number of nitrogens with zero attached hydrogens (tertiary/aromatic N) is 1. The minimum atomic E-state index is 0.0231. The van der Waals surface area contributed by atoms with E-state index in [1.807, 2.05) is 16.7 Å². The van der Waals surface area contributed by atoms with E-state index in [-0.39, 0.29) is 11.4 Å². The Bertz CT molecular complexity index is 614. The zero-order valence-electron chi connectivity index (χ0n) is 11.3. The smallest absolute Gasteiger partial charge is 0.255 e. The minimum Gasteiger partial charge on any atom is -0.308 e. The summed E-state index contributed by atoms with van der Waals surface area (Å²) in [5, 5.41) is 0. The Hall–Kier alpha value is -1.54. The van der Waals surface area contributed by atoms with Crippen molar-refractivity contribution in [1.29, 1.82) is 0 Å². The average Bonchev–Trinajstić information content (AvgIpc) is 2.42. The van der Waals surface area contributed by atoms with Crippen LogP contribution in [0.15, 0.2) is 41.2 Å². The molecule has 0 amide bonds. The molecule has 100 valence electrons. The van der Waals surface area contributed by atoms with E-state index in [1.54, 1.807) is 0 Å². The van der Waals surface area contributed by atoms with Gasteiger partial charge < -0.3 is 4.57 Å². The molecule has 2 aromatic rings. The van der Waals surface area contributed by atoms with Crippen molar-refractivity contribution < 1.29 is 0 Å². The van der Waals surface area contributed by atoms with Crippen LogP contribution in [0.2, 0.25) is 0 Å². The van der Waals surface area contributed by atoms with Gasteiger partial charge in [-0.3, -0.25) is 4.79 Å². The molecule has 2 rings (SSSR count). The van der Waals surface area contributed by atoms with Crippen LogP contribution in [0, 0.1) is 6.92 Å². The van der Waals surface area contributed by atoms with E-state index in [1.165, 1.54) is 5.56 Å². The van der Waals surface area contributed by atoms with Crippen LogP contribution in [0.3, 0.4) is 0 Å². The molecule has 0 atom stereocenters. The van der Waals surface area contributed by atoms with Gasteiger partial charge in [0.05, 0.1) is 11.6 Å². The lowest BCUT2D eigenvalue weighted by atomic mass is 10.1. The number of halogens is 1. The van der Waals surface area contributed by atoms with Crippen LogP contribution in [0.5, 0.6) is 0 Å². The number of hydrogen-bond acceptors (Lipinski definition) is 1. The maximum absolute atomic E-state index is 12.3. The second-order valence-electron chi connectivity index (χ2n) is 4.70. The Labute approximate surface area is 118 Å². The summed E-state index contributed by atoms with van der Waals surface area (Å²) in [5.41, 5.74) is 3.92. The fourth-order valence-corrected chi connectivity index (χ4v) is 2.35. The van der Waals surface area contributed by atoms with Gasteiger partial charge in [0.25, 0.3) is 5.56 Å². The van der Waals surface area contributed by atoms with Gasteiger partial charge in [0.15, 0.2) is 0 Å². The highest BCUT2D eigenvalue weighted by Gasteiger charge is 2.09. The van der Waals surface area contributed by atoms with E-state index >= 15 is 0 Å². The molecule has 0 spiro atoms. The zero-order valence-corrected chi connectivity index (χ0v) is 12.1. The molecule has 1 aromatic heterocycles. The lowest BCUT2D eigenvalue weighted by Crippen LogP contribution is -2.24. The van der Waals surface area contributed by atoms with Gasteiger partial charge in [-0.05, 0) is 25.0 Å². The summed E-state index contributed by atoms with van der Waals surface area (Å²) in [5.74, 6) is 0.261. The molecule has 0 aliphatic carbocycles. The summed E-state index contributed by atoms with van der Waals surface area (Å²) < 4.78 is 1.82. The van der Waals surface area contributed by atoms with E-state index in [9.17, 15) is 4.79 Å². The van der Waals surface area contributed by atoms with E-state index in [0.29, 0.717) is 12.1 Å². The standard InChI is InChI=1S/C16H18ClNO/c1-3-10-18-15(9-8-14(11-17)16(18)19)13-6-4-12(2)5-7-13/h4-9H,3,10-11H2,1-2H3. The largest absolute Gasteiger partial charge is 0.308 e.